The minimum Gasteiger partial charge on any atom is -0.461 e. The lowest BCUT2D eigenvalue weighted by atomic mass is 10.1. The largest absolute Gasteiger partial charge is 0.461 e. The average Bonchev–Trinajstić information content (AvgIpc) is 3.08. The van der Waals surface area contributed by atoms with E-state index < -0.39 is 5.97 Å². The van der Waals surface area contributed by atoms with Crippen LogP contribution in [0.2, 0.25) is 0 Å². The molecule has 3 heterocycles. The Balaban J connectivity index is 1.62. The fourth-order valence-electron chi connectivity index (χ4n) is 3.35. The molecule has 1 aromatic carbocycles. The highest BCUT2D eigenvalue weighted by Crippen LogP contribution is 2.24. The summed E-state index contributed by atoms with van der Waals surface area (Å²) in [6, 6.07) is 14.0. The summed E-state index contributed by atoms with van der Waals surface area (Å²) in [5, 5.41) is 10.4. The number of aromatic nitrogens is 2. The molecule has 7 heteroatoms. The molecule has 1 fully saturated rings. The van der Waals surface area contributed by atoms with Gasteiger partial charge in [0.15, 0.2) is 0 Å². The van der Waals surface area contributed by atoms with Gasteiger partial charge in [-0.25, -0.2) is 9.78 Å². The number of fused-ring (bicyclic) bond motifs is 1. The van der Waals surface area contributed by atoms with Crippen molar-refractivity contribution >= 4 is 35.7 Å². The number of benzene rings is 1. The number of ether oxygens (including phenoxy) is 2. The summed E-state index contributed by atoms with van der Waals surface area (Å²) in [4.78, 5) is 16.8. The van der Waals surface area contributed by atoms with Crippen molar-refractivity contribution in [2.24, 2.45) is 5.92 Å². The second kappa shape index (κ2) is 9.16. The van der Waals surface area contributed by atoms with Gasteiger partial charge in [-0.3, -0.25) is 0 Å². The van der Waals surface area contributed by atoms with Crippen LogP contribution in [0.25, 0.3) is 17.1 Å². The molecule has 1 aliphatic heterocycles. The van der Waals surface area contributed by atoms with Crippen LogP contribution in [-0.4, -0.2) is 35.3 Å². The first-order valence-electron chi connectivity index (χ1n) is 9.67. The van der Waals surface area contributed by atoms with Gasteiger partial charge in [0.1, 0.15) is 17.3 Å². The zero-order chi connectivity index (χ0) is 20.9. The summed E-state index contributed by atoms with van der Waals surface area (Å²) in [7, 11) is 0. The molecule has 0 radical (unpaired) electrons. The van der Waals surface area contributed by atoms with Crippen LogP contribution in [-0.2, 0) is 26.6 Å². The van der Waals surface area contributed by atoms with E-state index in [2.05, 4.69) is 29.7 Å². The molecule has 0 aliphatic carbocycles. The molecule has 6 nitrogen and oxygen atoms in total. The lowest BCUT2D eigenvalue weighted by Gasteiger charge is -2.25. The van der Waals surface area contributed by atoms with Crippen molar-refractivity contribution in [3.8, 4) is 6.07 Å². The van der Waals surface area contributed by atoms with Gasteiger partial charge in [0, 0.05) is 41.6 Å². The van der Waals surface area contributed by atoms with E-state index in [1.165, 1.54) is 0 Å². The molecule has 30 heavy (non-hydrogen) atoms. The van der Waals surface area contributed by atoms with Crippen molar-refractivity contribution in [3.05, 3.63) is 71.1 Å². The van der Waals surface area contributed by atoms with E-state index in [1.54, 1.807) is 12.3 Å². The molecule has 0 saturated carbocycles. The lowest BCUT2D eigenvalue weighted by molar-refractivity contribution is -0.145. The van der Waals surface area contributed by atoms with Crippen LogP contribution in [0.15, 0.2) is 54.4 Å². The molecule has 0 atom stereocenters. The van der Waals surface area contributed by atoms with Crippen molar-refractivity contribution in [2.45, 2.75) is 12.3 Å². The number of nitrogens with zero attached hydrogens (tertiary/aromatic N) is 3. The van der Waals surface area contributed by atoms with Gasteiger partial charge in [-0.05, 0) is 29.3 Å². The molecule has 2 aromatic heterocycles. The monoisotopic (exact) mass is 419 g/mol. The van der Waals surface area contributed by atoms with Crippen LogP contribution in [0.1, 0.15) is 16.7 Å². The molecule has 0 spiro atoms. The van der Waals surface area contributed by atoms with Crippen LogP contribution < -0.4 is 0 Å². The Hall–Kier alpha value is -3.08. The zero-order valence-corrected chi connectivity index (χ0v) is 17.2. The van der Waals surface area contributed by atoms with E-state index >= 15 is 0 Å². The van der Waals surface area contributed by atoms with Gasteiger partial charge in [0.2, 0.25) is 0 Å². The van der Waals surface area contributed by atoms with E-state index in [4.69, 9.17) is 9.47 Å². The highest BCUT2D eigenvalue weighted by Gasteiger charge is 2.22. The third-order valence-corrected chi connectivity index (χ3v) is 5.35. The van der Waals surface area contributed by atoms with E-state index in [9.17, 15) is 10.1 Å². The molecule has 4 rings (SSSR count). The number of carbonyl (C=O) groups is 1. The lowest BCUT2D eigenvalue weighted by Crippen LogP contribution is -2.32. The van der Waals surface area contributed by atoms with Crippen LogP contribution in [0.4, 0.5) is 0 Å². The molecular weight excluding hydrogens is 398 g/mol. The number of esters is 1. The smallest absolute Gasteiger partial charge is 0.348 e. The van der Waals surface area contributed by atoms with E-state index in [0.717, 1.165) is 27.7 Å². The number of carbonyl (C=O) groups excluding carboxylic acids is 1. The standard InChI is InChI=1S/C23H21N3O3S/c24-9-19(23(27)29-14-18-12-28-13-18)8-20-11-26(22-21(20)5-2-6-25-22)10-16-3-1-4-17(7-16)15-30/h1-8,11,18,30H,10,12-15H2/b19-8+. The van der Waals surface area contributed by atoms with Crippen LogP contribution >= 0.6 is 12.6 Å². The van der Waals surface area contributed by atoms with Gasteiger partial charge >= 0.3 is 5.97 Å². The summed E-state index contributed by atoms with van der Waals surface area (Å²) < 4.78 is 12.4. The van der Waals surface area contributed by atoms with Crippen LogP contribution in [0, 0.1) is 17.2 Å². The maximum absolute atomic E-state index is 12.3. The molecule has 152 valence electrons. The second-order valence-electron chi connectivity index (χ2n) is 7.24. The van der Waals surface area contributed by atoms with Crippen LogP contribution in [0.5, 0.6) is 0 Å². The Kier molecular flexibility index (Phi) is 6.17. The van der Waals surface area contributed by atoms with E-state index in [-0.39, 0.29) is 18.1 Å². The number of hydrogen-bond donors (Lipinski definition) is 1. The SMILES string of the molecule is N#C/C(=C\c1cn(Cc2cccc(CS)c2)c2ncccc12)C(=O)OCC1COC1. The fourth-order valence-corrected chi connectivity index (χ4v) is 3.55. The third-order valence-electron chi connectivity index (χ3n) is 4.99. The quantitative estimate of drug-likeness (QED) is 0.274. The number of pyridine rings is 1. The van der Waals surface area contributed by atoms with Gasteiger partial charge in [-0.1, -0.05) is 24.3 Å². The first kappa shape index (κ1) is 20.2. The first-order valence-corrected chi connectivity index (χ1v) is 10.3. The molecule has 0 N–H and O–H groups in total. The van der Waals surface area contributed by atoms with Gasteiger partial charge < -0.3 is 14.0 Å². The van der Waals surface area contributed by atoms with Crippen molar-refractivity contribution in [1.29, 1.82) is 5.26 Å². The Morgan fingerprint density at radius 3 is 2.90 bits per heavy atom. The van der Waals surface area contributed by atoms with Gasteiger partial charge in [0.25, 0.3) is 0 Å². The third kappa shape index (κ3) is 4.40. The number of rotatable bonds is 7. The van der Waals surface area contributed by atoms with E-state index in [1.807, 2.05) is 41.1 Å². The topological polar surface area (TPSA) is 77.1 Å². The van der Waals surface area contributed by atoms with Gasteiger partial charge in [-0.15, -0.1) is 0 Å². The van der Waals surface area contributed by atoms with Gasteiger partial charge in [-0.2, -0.15) is 17.9 Å². The molecule has 0 unspecified atom stereocenters. The number of thiol groups is 1. The number of hydrogen-bond acceptors (Lipinski definition) is 6. The maximum atomic E-state index is 12.3. The summed E-state index contributed by atoms with van der Waals surface area (Å²) in [5.74, 6) is 0.274. The Bertz CT molecular complexity index is 1140. The Morgan fingerprint density at radius 1 is 1.33 bits per heavy atom. The zero-order valence-electron chi connectivity index (χ0n) is 16.3. The highest BCUT2D eigenvalue weighted by molar-refractivity contribution is 7.79. The first-order chi connectivity index (χ1) is 14.7. The minimum atomic E-state index is -0.615. The summed E-state index contributed by atoms with van der Waals surface area (Å²) >= 11 is 4.35. The summed E-state index contributed by atoms with van der Waals surface area (Å²) in [6.45, 7) is 2.07. The highest BCUT2D eigenvalue weighted by atomic mass is 32.1. The molecule has 0 bridgehead atoms. The Labute approximate surface area is 180 Å². The summed E-state index contributed by atoms with van der Waals surface area (Å²) in [5.41, 5.74) is 3.78. The molecule has 3 aromatic rings. The van der Waals surface area contributed by atoms with Crippen molar-refractivity contribution in [2.75, 3.05) is 19.8 Å². The maximum Gasteiger partial charge on any atom is 0.348 e. The van der Waals surface area contributed by atoms with Crippen molar-refractivity contribution in [3.63, 3.8) is 0 Å². The Morgan fingerprint density at radius 2 is 2.17 bits per heavy atom. The van der Waals surface area contributed by atoms with E-state index in [0.29, 0.717) is 25.5 Å². The van der Waals surface area contributed by atoms with Crippen molar-refractivity contribution < 1.29 is 14.3 Å². The van der Waals surface area contributed by atoms with Gasteiger partial charge in [0.05, 0.1) is 19.8 Å². The molecule has 1 saturated heterocycles. The predicted octanol–water partition coefficient (Wildman–Crippen LogP) is 3.61. The minimum absolute atomic E-state index is 0.0322. The van der Waals surface area contributed by atoms with Crippen molar-refractivity contribution in [1.82, 2.24) is 9.55 Å². The fraction of sp³-hybridized carbons (Fsp3) is 0.261. The number of nitriles is 1. The normalized spacial score (nSPS) is 14.3. The predicted molar refractivity (Wildman–Crippen MR) is 117 cm³/mol. The summed E-state index contributed by atoms with van der Waals surface area (Å²) in [6.07, 6.45) is 5.22. The van der Waals surface area contributed by atoms with Crippen LogP contribution in [0.3, 0.4) is 0 Å². The average molecular weight is 420 g/mol. The molecular formula is C23H21N3O3S. The molecule has 0 amide bonds. The molecule has 1 aliphatic rings. The second-order valence-corrected chi connectivity index (χ2v) is 7.55.